The first kappa shape index (κ1) is 23.9. The van der Waals surface area contributed by atoms with E-state index in [0.717, 1.165) is 12.8 Å². The number of esters is 1. The first-order chi connectivity index (χ1) is 13.2. The summed E-state index contributed by atoms with van der Waals surface area (Å²) in [4.78, 5) is 28.9. The van der Waals surface area contributed by atoms with Crippen LogP contribution in [0, 0.1) is 11.8 Å². The fourth-order valence-corrected chi connectivity index (χ4v) is 2.80. The minimum absolute atomic E-state index is 0.0765. The van der Waals surface area contributed by atoms with E-state index in [-0.39, 0.29) is 35.6 Å². The van der Waals surface area contributed by atoms with E-state index in [1.807, 2.05) is 20.8 Å². The summed E-state index contributed by atoms with van der Waals surface area (Å²) in [6, 6.07) is 1.46. The molecule has 0 saturated heterocycles. The summed E-state index contributed by atoms with van der Waals surface area (Å²) in [6.07, 6.45) is 2.60. The van der Waals surface area contributed by atoms with Crippen molar-refractivity contribution in [3.63, 3.8) is 0 Å². The smallest absolute Gasteiger partial charge is 0.309 e. The van der Waals surface area contributed by atoms with E-state index in [1.165, 1.54) is 19.4 Å². The van der Waals surface area contributed by atoms with Crippen molar-refractivity contribution in [2.24, 2.45) is 11.8 Å². The summed E-state index contributed by atoms with van der Waals surface area (Å²) < 4.78 is 16.4. The highest BCUT2D eigenvalue weighted by molar-refractivity contribution is 5.99. The molecule has 0 aliphatic heterocycles. The molecule has 3 atom stereocenters. The van der Waals surface area contributed by atoms with Crippen molar-refractivity contribution in [1.82, 2.24) is 4.98 Å². The molecule has 0 aliphatic carbocycles. The highest BCUT2D eigenvalue weighted by Crippen LogP contribution is 2.29. The molecule has 0 fully saturated rings. The zero-order valence-corrected chi connectivity index (χ0v) is 17.7. The Morgan fingerprint density at radius 2 is 1.89 bits per heavy atom. The average molecular weight is 395 g/mol. The predicted octanol–water partition coefficient (Wildman–Crippen LogP) is 3.78. The number of hydrogen-bond acceptors (Lipinski definition) is 7. The molecular formula is C21H33NO6. The van der Waals surface area contributed by atoms with Crippen molar-refractivity contribution in [1.29, 1.82) is 0 Å². The lowest BCUT2D eigenvalue weighted by atomic mass is 10.00. The molecule has 1 aromatic heterocycles. The van der Waals surface area contributed by atoms with Crippen LogP contribution in [0.15, 0.2) is 12.3 Å². The van der Waals surface area contributed by atoms with Crippen molar-refractivity contribution >= 4 is 11.8 Å². The molecule has 28 heavy (non-hydrogen) atoms. The van der Waals surface area contributed by atoms with Crippen LogP contribution in [0.3, 0.4) is 0 Å². The first-order valence-electron chi connectivity index (χ1n) is 9.80. The van der Waals surface area contributed by atoms with Gasteiger partial charge in [0.1, 0.15) is 6.10 Å². The molecule has 7 nitrogen and oxygen atoms in total. The third kappa shape index (κ3) is 6.78. The molecule has 0 bridgehead atoms. The largest absolute Gasteiger partial charge is 0.503 e. The van der Waals surface area contributed by atoms with E-state index >= 15 is 0 Å². The number of rotatable bonds is 12. The molecule has 1 N–H and O–H groups in total. The maximum absolute atomic E-state index is 12.5. The molecule has 0 saturated carbocycles. The SMILES string of the molecule is CCCCO[C@@H](C)[C@H](OC(=O)[C@H](C)CC(=O)c1nccc(OC)c1O)C(C)C. The standard InChI is InChI=1S/C21H33NO6/c1-7-8-11-27-15(5)20(13(2)3)28-21(25)14(4)12-16(23)18-19(24)17(26-6)9-10-22-18/h9-10,13-15,20,24H,7-8,11-12H2,1-6H3/t14-,15+,20-/m1/s1. The minimum Gasteiger partial charge on any atom is -0.503 e. The fourth-order valence-electron chi connectivity index (χ4n) is 2.80. The number of ketones is 1. The molecule has 0 unspecified atom stereocenters. The number of carbonyl (C=O) groups is 2. The minimum atomic E-state index is -0.677. The number of aromatic nitrogens is 1. The Kier molecular flexibility index (Phi) is 9.93. The van der Waals surface area contributed by atoms with Gasteiger partial charge >= 0.3 is 5.97 Å². The van der Waals surface area contributed by atoms with E-state index in [2.05, 4.69) is 11.9 Å². The van der Waals surface area contributed by atoms with Gasteiger partial charge in [-0.1, -0.05) is 34.1 Å². The Morgan fingerprint density at radius 3 is 2.46 bits per heavy atom. The van der Waals surface area contributed by atoms with Crippen molar-refractivity contribution in [2.45, 2.75) is 66.1 Å². The number of methoxy groups -OCH3 is 1. The second kappa shape index (κ2) is 11.6. The second-order valence-corrected chi connectivity index (χ2v) is 7.31. The van der Waals surface area contributed by atoms with Gasteiger partial charge in [-0.15, -0.1) is 0 Å². The maximum Gasteiger partial charge on any atom is 0.309 e. The Hall–Kier alpha value is -2.15. The summed E-state index contributed by atoms with van der Waals surface area (Å²) in [5.41, 5.74) is -0.115. The van der Waals surface area contributed by atoms with Crippen molar-refractivity contribution in [2.75, 3.05) is 13.7 Å². The number of Topliss-reactive ketones (excluding diaryl/α,β-unsaturated/α-hetero) is 1. The molecule has 0 radical (unpaired) electrons. The molecule has 1 aromatic rings. The first-order valence-corrected chi connectivity index (χ1v) is 9.80. The van der Waals surface area contributed by atoms with Crippen LogP contribution in [0.5, 0.6) is 11.5 Å². The summed E-state index contributed by atoms with van der Waals surface area (Å²) in [5.74, 6) is -1.69. The van der Waals surface area contributed by atoms with Crippen molar-refractivity contribution in [3.8, 4) is 11.5 Å². The Balaban J connectivity index is 2.73. The van der Waals surface area contributed by atoms with Crippen molar-refractivity contribution in [3.05, 3.63) is 18.0 Å². The highest BCUT2D eigenvalue weighted by atomic mass is 16.6. The lowest BCUT2D eigenvalue weighted by Gasteiger charge is -2.28. The van der Waals surface area contributed by atoms with Gasteiger partial charge in [-0.05, 0) is 19.3 Å². The molecule has 0 amide bonds. The summed E-state index contributed by atoms with van der Waals surface area (Å²) >= 11 is 0. The van der Waals surface area contributed by atoms with Gasteiger partial charge in [-0.2, -0.15) is 0 Å². The molecule has 0 spiro atoms. The van der Waals surface area contributed by atoms with Crippen LogP contribution in [-0.4, -0.2) is 47.8 Å². The zero-order chi connectivity index (χ0) is 21.3. The molecular weight excluding hydrogens is 362 g/mol. The number of unbranched alkanes of at least 4 members (excludes halogenated alkanes) is 1. The number of nitrogens with zero attached hydrogens (tertiary/aromatic N) is 1. The van der Waals surface area contributed by atoms with Gasteiger partial charge in [-0.3, -0.25) is 9.59 Å². The van der Waals surface area contributed by atoms with Gasteiger partial charge in [0.25, 0.3) is 0 Å². The van der Waals surface area contributed by atoms with Crippen molar-refractivity contribution < 1.29 is 28.9 Å². The van der Waals surface area contributed by atoms with Crippen LogP contribution in [0.2, 0.25) is 0 Å². The van der Waals surface area contributed by atoms with Crippen LogP contribution < -0.4 is 4.74 Å². The molecule has 0 aromatic carbocycles. The van der Waals surface area contributed by atoms with E-state index in [1.54, 1.807) is 6.92 Å². The normalized spacial score (nSPS) is 14.4. The number of hydrogen-bond donors (Lipinski definition) is 1. The van der Waals surface area contributed by atoms with E-state index in [4.69, 9.17) is 14.2 Å². The third-order valence-electron chi connectivity index (χ3n) is 4.52. The van der Waals surface area contributed by atoms with Crippen LogP contribution in [-0.2, 0) is 14.3 Å². The zero-order valence-electron chi connectivity index (χ0n) is 17.7. The molecule has 158 valence electrons. The van der Waals surface area contributed by atoms with Gasteiger partial charge < -0.3 is 19.3 Å². The van der Waals surface area contributed by atoms with Gasteiger partial charge in [-0.25, -0.2) is 4.98 Å². The lowest BCUT2D eigenvalue weighted by Crippen LogP contribution is -2.37. The topological polar surface area (TPSA) is 95.0 Å². The molecule has 1 heterocycles. The Morgan fingerprint density at radius 1 is 1.21 bits per heavy atom. The van der Waals surface area contributed by atoms with Gasteiger partial charge in [0, 0.05) is 25.3 Å². The van der Waals surface area contributed by atoms with Crippen LogP contribution in [0.1, 0.15) is 64.4 Å². The highest BCUT2D eigenvalue weighted by Gasteiger charge is 2.29. The number of carbonyl (C=O) groups excluding carboxylic acids is 2. The Labute approximate surface area is 167 Å². The van der Waals surface area contributed by atoms with Crippen LogP contribution in [0.25, 0.3) is 0 Å². The molecule has 0 aliphatic rings. The third-order valence-corrected chi connectivity index (χ3v) is 4.52. The summed E-state index contributed by atoms with van der Waals surface area (Å²) in [7, 11) is 1.39. The number of aromatic hydroxyl groups is 1. The van der Waals surface area contributed by atoms with E-state index in [0.29, 0.717) is 6.61 Å². The maximum atomic E-state index is 12.5. The number of ether oxygens (including phenoxy) is 3. The van der Waals surface area contributed by atoms with E-state index in [9.17, 15) is 14.7 Å². The number of pyridine rings is 1. The summed E-state index contributed by atoms with van der Waals surface area (Å²) in [6.45, 7) is 10.1. The van der Waals surface area contributed by atoms with Gasteiger partial charge in [0.15, 0.2) is 23.0 Å². The monoisotopic (exact) mass is 395 g/mol. The second-order valence-electron chi connectivity index (χ2n) is 7.31. The van der Waals surface area contributed by atoms with Gasteiger partial charge in [0.2, 0.25) is 0 Å². The average Bonchev–Trinajstić information content (AvgIpc) is 2.65. The molecule has 7 heteroatoms. The lowest BCUT2D eigenvalue weighted by molar-refractivity contribution is -0.165. The quantitative estimate of drug-likeness (QED) is 0.327. The summed E-state index contributed by atoms with van der Waals surface area (Å²) in [5, 5.41) is 10.1. The van der Waals surface area contributed by atoms with Crippen LogP contribution >= 0.6 is 0 Å². The van der Waals surface area contributed by atoms with Gasteiger partial charge in [0.05, 0.1) is 19.1 Å². The molecule has 1 rings (SSSR count). The fraction of sp³-hybridized carbons (Fsp3) is 0.667. The Bertz CT molecular complexity index is 646. The van der Waals surface area contributed by atoms with E-state index < -0.39 is 23.8 Å². The van der Waals surface area contributed by atoms with Crippen LogP contribution in [0.4, 0.5) is 0 Å². The predicted molar refractivity (Wildman–Crippen MR) is 106 cm³/mol.